The zero-order chi connectivity index (χ0) is 15.0. The fourth-order valence-corrected chi connectivity index (χ4v) is 2.09. The van der Waals surface area contributed by atoms with Crippen LogP contribution in [-0.4, -0.2) is 5.16 Å². The summed E-state index contributed by atoms with van der Waals surface area (Å²) >= 11 is 0. The first-order chi connectivity index (χ1) is 10.1. The molecule has 0 aliphatic heterocycles. The maximum absolute atomic E-state index is 13.9. The second-order valence-corrected chi connectivity index (χ2v) is 4.37. The Hall–Kier alpha value is -2.76. The second kappa shape index (κ2) is 4.97. The van der Waals surface area contributed by atoms with Crippen LogP contribution in [0.4, 0.5) is 19.1 Å². The van der Waals surface area contributed by atoms with Gasteiger partial charge in [-0.05, 0) is 24.3 Å². The van der Waals surface area contributed by atoms with E-state index in [9.17, 15) is 13.2 Å². The number of benzene rings is 2. The number of nitrogens with zero attached hydrogens (tertiary/aromatic N) is 1. The minimum absolute atomic E-state index is 0.0467. The number of nitrogens with two attached hydrogens (primary N) is 1. The molecule has 0 radical (unpaired) electrons. The van der Waals surface area contributed by atoms with Gasteiger partial charge in [-0.25, -0.2) is 13.2 Å². The van der Waals surface area contributed by atoms with Crippen LogP contribution in [0.3, 0.4) is 0 Å². The lowest BCUT2D eigenvalue weighted by Gasteiger charge is -2.05. The van der Waals surface area contributed by atoms with E-state index in [4.69, 9.17) is 10.3 Å². The Kier molecular flexibility index (Phi) is 3.13. The average molecular weight is 290 g/mol. The van der Waals surface area contributed by atoms with Gasteiger partial charge in [-0.1, -0.05) is 23.4 Å². The van der Waals surface area contributed by atoms with Crippen LogP contribution < -0.4 is 5.73 Å². The molecule has 0 aliphatic rings. The highest BCUT2D eigenvalue weighted by molar-refractivity contribution is 5.87. The first-order valence-corrected chi connectivity index (χ1v) is 6.03. The van der Waals surface area contributed by atoms with Crippen molar-refractivity contribution in [3.05, 3.63) is 59.9 Å². The highest BCUT2D eigenvalue weighted by Gasteiger charge is 2.22. The number of hydrogen-bond acceptors (Lipinski definition) is 3. The van der Waals surface area contributed by atoms with Crippen LogP contribution in [0.15, 0.2) is 47.0 Å². The molecule has 106 valence electrons. The molecule has 3 nitrogen and oxygen atoms in total. The van der Waals surface area contributed by atoms with Crippen molar-refractivity contribution in [3.8, 4) is 22.4 Å². The van der Waals surface area contributed by atoms with Gasteiger partial charge in [-0.15, -0.1) is 0 Å². The van der Waals surface area contributed by atoms with Gasteiger partial charge in [0.25, 0.3) is 0 Å². The second-order valence-electron chi connectivity index (χ2n) is 4.37. The van der Waals surface area contributed by atoms with Crippen molar-refractivity contribution in [1.29, 1.82) is 0 Å². The highest BCUT2D eigenvalue weighted by atomic mass is 19.1. The maximum Gasteiger partial charge on any atom is 0.230 e. The van der Waals surface area contributed by atoms with Gasteiger partial charge < -0.3 is 10.3 Å². The van der Waals surface area contributed by atoms with Crippen molar-refractivity contribution in [2.45, 2.75) is 0 Å². The molecule has 0 atom stereocenters. The van der Waals surface area contributed by atoms with Crippen molar-refractivity contribution in [1.82, 2.24) is 5.16 Å². The molecule has 0 aliphatic carbocycles. The van der Waals surface area contributed by atoms with Crippen molar-refractivity contribution in [2.75, 3.05) is 5.73 Å². The molecule has 0 bridgehead atoms. The van der Waals surface area contributed by atoms with Gasteiger partial charge in [-0.3, -0.25) is 0 Å². The van der Waals surface area contributed by atoms with Crippen LogP contribution in [0.25, 0.3) is 22.4 Å². The molecular formula is C15H9F3N2O. The Bertz CT molecular complexity index is 814. The fraction of sp³-hybridized carbons (Fsp3) is 0. The number of aromatic nitrogens is 1. The Morgan fingerprint density at radius 3 is 2.38 bits per heavy atom. The Morgan fingerprint density at radius 2 is 1.62 bits per heavy atom. The van der Waals surface area contributed by atoms with E-state index < -0.39 is 17.5 Å². The minimum Gasteiger partial charge on any atom is -0.367 e. The predicted octanol–water partition coefficient (Wildman–Crippen LogP) is 4.01. The zero-order valence-corrected chi connectivity index (χ0v) is 10.6. The van der Waals surface area contributed by atoms with E-state index in [2.05, 4.69) is 5.16 Å². The van der Waals surface area contributed by atoms with Crippen LogP contribution in [0.1, 0.15) is 0 Å². The Balaban J connectivity index is 2.27. The van der Waals surface area contributed by atoms with Crippen LogP contribution in [-0.2, 0) is 0 Å². The number of rotatable bonds is 2. The molecule has 0 spiro atoms. The van der Waals surface area contributed by atoms with Gasteiger partial charge in [-0.2, -0.15) is 0 Å². The van der Waals surface area contributed by atoms with E-state index in [-0.39, 0.29) is 28.3 Å². The third-order valence-corrected chi connectivity index (χ3v) is 3.05. The first kappa shape index (κ1) is 13.2. The van der Waals surface area contributed by atoms with E-state index >= 15 is 0 Å². The summed E-state index contributed by atoms with van der Waals surface area (Å²) in [6, 6.07) is 8.68. The number of nitrogen functional groups attached to an aromatic ring is 1. The van der Waals surface area contributed by atoms with Crippen LogP contribution >= 0.6 is 0 Å². The van der Waals surface area contributed by atoms with Gasteiger partial charge in [0, 0.05) is 11.1 Å². The van der Waals surface area contributed by atoms with E-state index in [1.54, 1.807) is 6.07 Å². The summed E-state index contributed by atoms with van der Waals surface area (Å²) in [7, 11) is 0. The van der Waals surface area contributed by atoms with E-state index in [0.717, 1.165) is 18.2 Å². The van der Waals surface area contributed by atoms with Gasteiger partial charge >= 0.3 is 0 Å². The molecule has 2 N–H and O–H groups in total. The monoisotopic (exact) mass is 290 g/mol. The summed E-state index contributed by atoms with van der Waals surface area (Å²) in [6.45, 7) is 0. The fourth-order valence-electron chi connectivity index (χ4n) is 2.09. The van der Waals surface area contributed by atoms with Crippen LogP contribution in [0.2, 0.25) is 0 Å². The van der Waals surface area contributed by atoms with Gasteiger partial charge in [0.15, 0.2) is 0 Å². The van der Waals surface area contributed by atoms with E-state index in [1.807, 2.05) is 0 Å². The molecule has 0 saturated heterocycles. The normalized spacial score (nSPS) is 10.8. The largest absolute Gasteiger partial charge is 0.367 e. The summed E-state index contributed by atoms with van der Waals surface area (Å²) in [5.74, 6) is -2.08. The zero-order valence-electron chi connectivity index (χ0n) is 10.6. The van der Waals surface area contributed by atoms with Gasteiger partial charge in [0.2, 0.25) is 5.88 Å². The molecule has 0 fully saturated rings. The Labute approximate surface area is 117 Å². The highest BCUT2D eigenvalue weighted by Crippen LogP contribution is 2.38. The molecule has 3 rings (SSSR count). The number of anilines is 1. The molecule has 2 aromatic carbocycles. The van der Waals surface area contributed by atoms with Crippen molar-refractivity contribution in [2.24, 2.45) is 0 Å². The summed E-state index contributed by atoms with van der Waals surface area (Å²) in [4.78, 5) is 0. The molecular weight excluding hydrogens is 281 g/mol. The molecule has 21 heavy (non-hydrogen) atoms. The quantitative estimate of drug-likeness (QED) is 0.776. The molecule has 0 unspecified atom stereocenters. The third-order valence-electron chi connectivity index (χ3n) is 3.05. The topological polar surface area (TPSA) is 52.0 Å². The number of hydrogen-bond donors (Lipinski definition) is 1. The lowest BCUT2D eigenvalue weighted by molar-refractivity contribution is 0.438. The summed E-state index contributed by atoms with van der Waals surface area (Å²) in [5, 5.41) is 3.63. The molecule has 1 heterocycles. The van der Waals surface area contributed by atoms with Crippen molar-refractivity contribution in [3.63, 3.8) is 0 Å². The standard InChI is InChI=1S/C15H9F3N2O/c16-8-5-6-12(18)10(7-8)14-13(15(19)21-20-14)9-3-1-2-4-11(9)17/h1-7H,19H2. The first-order valence-electron chi connectivity index (χ1n) is 6.03. The van der Waals surface area contributed by atoms with Crippen molar-refractivity contribution >= 4 is 5.88 Å². The molecule has 0 amide bonds. The van der Waals surface area contributed by atoms with Gasteiger partial charge in [0.05, 0.1) is 5.56 Å². The van der Waals surface area contributed by atoms with E-state index in [1.165, 1.54) is 18.2 Å². The molecule has 1 aromatic heterocycles. The molecule has 3 aromatic rings. The molecule has 0 saturated carbocycles. The predicted molar refractivity (Wildman–Crippen MR) is 71.7 cm³/mol. The average Bonchev–Trinajstić information content (AvgIpc) is 2.84. The molecule has 6 heteroatoms. The summed E-state index contributed by atoms with van der Waals surface area (Å²) in [5.41, 5.74) is 5.67. The maximum atomic E-state index is 13.9. The SMILES string of the molecule is Nc1onc(-c2cc(F)ccc2F)c1-c1ccccc1F. The smallest absolute Gasteiger partial charge is 0.230 e. The lowest BCUT2D eigenvalue weighted by atomic mass is 10.00. The Morgan fingerprint density at radius 1 is 0.905 bits per heavy atom. The van der Waals surface area contributed by atoms with Gasteiger partial charge in [0.1, 0.15) is 23.1 Å². The summed E-state index contributed by atoms with van der Waals surface area (Å²) < 4.78 is 45.9. The number of halogens is 3. The van der Waals surface area contributed by atoms with Crippen LogP contribution in [0.5, 0.6) is 0 Å². The van der Waals surface area contributed by atoms with Crippen LogP contribution in [0, 0.1) is 17.5 Å². The lowest BCUT2D eigenvalue weighted by Crippen LogP contribution is -1.93. The van der Waals surface area contributed by atoms with E-state index in [0.29, 0.717) is 0 Å². The third kappa shape index (κ3) is 2.24. The minimum atomic E-state index is -0.706. The summed E-state index contributed by atoms with van der Waals surface area (Å²) in [6.07, 6.45) is 0. The van der Waals surface area contributed by atoms with Crippen molar-refractivity contribution < 1.29 is 17.7 Å².